The van der Waals surface area contributed by atoms with Crippen molar-refractivity contribution in [2.75, 3.05) is 6.54 Å². The molecule has 1 aromatic heterocycles. The number of aliphatic carboxylic acids is 1. The number of hydrogen-bond acceptors (Lipinski definition) is 4. The van der Waals surface area contributed by atoms with Gasteiger partial charge < -0.3 is 10.0 Å². The Morgan fingerprint density at radius 3 is 2.73 bits per heavy atom. The number of carboxylic acid groups (broad SMARTS) is 1. The number of benzene rings is 1. The van der Waals surface area contributed by atoms with Gasteiger partial charge in [-0.05, 0) is 29.7 Å². The summed E-state index contributed by atoms with van der Waals surface area (Å²) < 4.78 is 0. The van der Waals surface area contributed by atoms with E-state index in [2.05, 4.69) is 4.98 Å². The quantitative estimate of drug-likeness (QED) is 0.607. The van der Waals surface area contributed by atoms with E-state index in [1.54, 1.807) is 17.2 Å². The topological polar surface area (TPSA) is 90.8 Å². The van der Waals surface area contributed by atoms with Gasteiger partial charge in [0.15, 0.2) is 0 Å². The summed E-state index contributed by atoms with van der Waals surface area (Å²) in [5.41, 5.74) is 2.38. The number of carbonyl (C=O) groups excluding carboxylic acids is 2. The van der Waals surface area contributed by atoms with Crippen molar-refractivity contribution in [3.8, 4) is 0 Å². The number of nitrogens with zero attached hydrogens (tertiary/aromatic N) is 3. The first-order chi connectivity index (χ1) is 14.0. The van der Waals surface area contributed by atoms with Crippen LogP contribution in [0, 0.1) is 5.92 Å². The van der Waals surface area contributed by atoms with Crippen LogP contribution in [0.4, 0.5) is 0 Å². The van der Waals surface area contributed by atoms with Gasteiger partial charge >= 0.3 is 35.5 Å². The first kappa shape index (κ1) is 20.8. The molecule has 0 bridgehead atoms. The molecular formula is C22H20N3NaO4. The summed E-state index contributed by atoms with van der Waals surface area (Å²) in [4.78, 5) is 43.9. The van der Waals surface area contributed by atoms with Crippen molar-refractivity contribution in [3.05, 3.63) is 59.4 Å². The minimum absolute atomic E-state index is 0. The monoisotopic (exact) mass is 413 g/mol. The zero-order chi connectivity index (χ0) is 20.3. The molecule has 0 aliphatic carbocycles. The fourth-order valence-corrected chi connectivity index (χ4v) is 4.82. The molecule has 5 rings (SSSR count). The van der Waals surface area contributed by atoms with Crippen molar-refractivity contribution in [1.29, 1.82) is 0 Å². The molecule has 7 nitrogen and oxygen atoms in total. The van der Waals surface area contributed by atoms with Crippen LogP contribution in [0.25, 0.3) is 17.0 Å². The summed E-state index contributed by atoms with van der Waals surface area (Å²) in [5.74, 6) is -1.51. The van der Waals surface area contributed by atoms with Gasteiger partial charge in [-0.3, -0.25) is 19.5 Å². The van der Waals surface area contributed by atoms with E-state index < -0.39 is 12.0 Å². The van der Waals surface area contributed by atoms with Gasteiger partial charge in [-0.2, -0.15) is 0 Å². The normalized spacial score (nSPS) is 24.7. The number of para-hydroxylation sites is 1. The van der Waals surface area contributed by atoms with Gasteiger partial charge in [0.1, 0.15) is 11.7 Å². The third-order valence-corrected chi connectivity index (χ3v) is 6.08. The number of hydrogen-bond donors (Lipinski definition) is 1. The van der Waals surface area contributed by atoms with Crippen LogP contribution in [0.2, 0.25) is 0 Å². The summed E-state index contributed by atoms with van der Waals surface area (Å²) >= 11 is 0. The maximum absolute atomic E-state index is 12.7. The van der Waals surface area contributed by atoms with E-state index in [1.807, 2.05) is 36.4 Å². The number of fused-ring (bicyclic) bond motifs is 1. The summed E-state index contributed by atoms with van der Waals surface area (Å²) in [6.07, 6.45) is 5.86. The van der Waals surface area contributed by atoms with Gasteiger partial charge in [0.25, 0.3) is 5.91 Å². The predicted octanol–water partition coefficient (Wildman–Crippen LogP) is 1.40. The second kappa shape index (κ2) is 7.65. The summed E-state index contributed by atoms with van der Waals surface area (Å²) in [6.45, 7) is 1.93. The molecular weight excluding hydrogens is 393 g/mol. The van der Waals surface area contributed by atoms with Crippen LogP contribution in [-0.2, 0) is 14.4 Å². The molecule has 2 saturated heterocycles. The molecule has 0 spiro atoms. The molecule has 3 aliphatic heterocycles. The van der Waals surface area contributed by atoms with Gasteiger partial charge in [0.2, 0.25) is 5.91 Å². The molecule has 148 valence electrons. The molecule has 3 aliphatic rings. The number of likely N-dealkylation sites (tertiary alicyclic amines) is 1. The number of carbonyl (C=O) groups is 3. The fraction of sp³-hybridized carbons (Fsp3) is 0.273. The first-order valence-electron chi connectivity index (χ1n) is 9.55. The standard InChI is InChI=1S/C22H19N3O4.Na.H/c1-12(26)24-11-16-9-15(19(22(28)29)25-18(16)20(24)21(25)27)7-6-13-8-14-4-2-3-5-17(14)23-10-13;;/h2-8,10,16,18,20H,9,11H2,1H3,(H,28,29);;/b7-6+;;/t16-,18-,20+;;/m1../s1. The van der Waals surface area contributed by atoms with E-state index in [-0.39, 0.29) is 59.0 Å². The van der Waals surface area contributed by atoms with Crippen LogP contribution < -0.4 is 0 Å². The van der Waals surface area contributed by atoms with Gasteiger partial charge in [-0.25, -0.2) is 4.79 Å². The molecule has 0 unspecified atom stereocenters. The molecule has 0 radical (unpaired) electrons. The number of rotatable bonds is 3. The van der Waals surface area contributed by atoms with E-state index in [0.29, 0.717) is 18.5 Å². The van der Waals surface area contributed by atoms with Crippen molar-refractivity contribution < 1.29 is 19.5 Å². The molecule has 0 saturated carbocycles. The second-order valence-corrected chi connectivity index (χ2v) is 7.75. The van der Waals surface area contributed by atoms with Gasteiger partial charge in [-0.15, -0.1) is 0 Å². The molecule has 30 heavy (non-hydrogen) atoms. The van der Waals surface area contributed by atoms with Crippen LogP contribution in [0.15, 0.2) is 53.9 Å². The van der Waals surface area contributed by atoms with Crippen molar-refractivity contribution >= 4 is 64.3 Å². The third-order valence-electron chi connectivity index (χ3n) is 6.08. The number of allylic oxidation sites excluding steroid dienone is 2. The summed E-state index contributed by atoms with van der Waals surface area (Å²) in [7, 11) is 0. The predicted molar refractivity (Wildman–Crippen MR) is 113 cm³/mol. The number of aromatic nitrogens is 1. The van der Waals surface area contributed by atoms with E-state index in [1.165, 1.54) is 11.8 Å². The second-order valence-electron chi connectivity index (χ2n) is 7.75. The van der Waals surface area contributed by atoms with Crippen molar-refractivity contribution in [1.82, 2.24) is 14.8 Å². The molecule has 4 heterocycles. The molecule has 1 aromatic carbocycles. The molecule has 2 amide bonds. The average molecular weight is 413 g/mol. The van der Waals surface area contributed by atoms with Gasteiger partial charge in [-0.1, -0.05) is 30.4 Å². The van der Waals surface area contributed by atoms with E-state index in [4.69, 9.17) is 0 Å². The Balaban J connectivity index is 0.00000218. The van der Waals surface area contributed by atoms with Crippen molar-refractivity contribution in [3.63, 3.8) is 0 Å². The molecule has 2 fully saturated rings. The van der Waals surface area contributed by atoms with Gasteiger partial charge in [0, 0.05) is 31.0 Å². The Hall–Kier alpha value is -2.48. The summed E-state index contributed by atoms with van der Waals surface area (Å²) in [5, 5.41) is 10.8. The Kier molecular flexibility index (Phi) is 5.30. The minimum atomic E-state index is -1.12. The zero-order valence-corrected chi connectivity index (χ0v) is 15.8. The molecule has 8 heteroatoms. The third kappa shape index (κ3) is 3.09. The SMILES string of the molecule is CC(=O)N1C[C@H]2CC(/C=C/c3cnc4ccccc4c3)=C(C(=O)O)N3C(=O)[C@@H]1[C@@H]23.[NaH]. The Bertz CT molecular complexity index is 1140. The molecule has 2 aromatic rings. The zero-order valence-electron chi connectivity index (χ0n) is 15.8. The van der Waals surface area contributed by atoms with Crippen LogP contribution in [0.1, 0.15) is 18.9 Å². The van der Waals surface area contributed by atoms with E-state index in [0.717, 1.165) is 16.5 Å². The fourth-order valence-electron chi connectivity index (χ4n) is 4.82. The average Bonchev–Trinajstić information content (AvgIpc) is 3.08. The van der Waals surface area contributed by atoms with Crippen molar-refractivity contribution in [2.24, 2.45) is 5.92 Å². The van der Waals surface area contributed by atoms with E-state index in [9.17, 15) is 19.5 Å². The maximum atomic E-state index is 12.7. The van der Waals surface area contributed by atoms with Crippen LogP contribution in [-0.4, -0.2) is 85.9 Å². The van der Waals surface area contributed by atoms with Crippen molar-refractivity contribution in [2.45, 2.75) is 25.4 Å². The number of β-lactam (4-membered cyclic amide) rings is 1. The molecule has 1 N–H and O–H groups in total. The Labute approximate surface area is 195 Å². The summed E-state index contributed by atoms with van der Waals surface area (Å²) in [6, 6.07) is 9.03. The van der Waals surface area contributed by atoms with Crippen LogP contribution in [0.3, 0.4) is 0 Å². The Morgan fingerprint density at radius 1 is 1.23 bits per heavy atom. The number of amides is 2. The van der Waals surface area contributed by atoms with Gasteiger partial charge in [0.05, 0.1) is 11.6 Å². The number of pyridine rings is 1. The van der Waals surface area contributed by atoms with Crippen LogP contribution in [0.5, 0.6) is 0 Å². The number of carboxylic acids is 1. The first-order valence-corrected chi connectivity index (χ1v) is 9.55. The molecule has 3 atom stereocenters. The Morgan fingerprint density at radius 2 is 2.00 bits per heavy atom. The van der Waals surface area contributed by atoms with E-state index >= 15 is 0 Å². The van der Waals surface area contributed by atoms with Crippen LogP contribution >= 0.6 is 0 Å².